The summed E-state index contributed by atoms with van der Waals surface area (Å²) >= 11 is 0. The number of para-hydroxylation sites is 1. The molecular formula is C15H13FO3. The van der Waals surface area contributed by atoms with E-state index in [0.29, 0.717) is 11.3 Å². The molecule has 2 unspecified atom stereocenters. The van der Waals surface area contributed by atoms with Gasteiger partial charge in [-0.25, -0.2) is 14.2 Å². The summed E-state index contributed by atoms with van der Waals surface area (Å²) in [6.07, 6.45) is -1.83. The molecule has 0 N–H and O–H groups in total. The zero-order chi connectivity index (χ0) is 13.1. The second-order valence-electron chi connectivity index (χ2n) is 4.30. The Morgan fingerprint density at radius 3 is 2.53 bits per heavy atom. The van der Waals surface area contributed by atoms with Gasteiger partial charge in [0.15, 0.2) is 12.3 Å². The SMILES string of the molecule is FC1COOC1c1cccc(Oc2ccccc2)c1. The van der Waals surface area contributed by atoms with Gasteiger partial charge in [-0.2, -0.15) is 0 Å². The maximum Gasteiger partial charge on any atom is 0.160 e. The first kappa shape index (κ1) is 12.1. The lowest BCUT2D eigenvalue weighted by Crippen LogP contribution is -2.09. The fraction of sp³-hybridized carbons (Fsp3) is 0.200. The minimum Gasteiger partial charge on any atom is -0.457 e. The van der Waals surface area contributed by atoms with E-state index in [1.807, 2.05) is 42.5 Å². The Bertz CT molecular complexity index is 544. The van der Waals surface area contributed by atoms with Gasteiger partial charge in [0.05, 0.1) is 0 Å². The van der Waals surface area contributed by atoms with Crippen molar-refractivity contribution in [2.45, 2.75) is 12.3 Å². The summed E-state index contributed by atoms with van der Waals surface area (Å²) in [6.45, 7) is -0.0333. The molecule has 1 heterocycles. The van der Waals surface area contributed by atoms with Crippen molar-refractivity contribution in [1.82, 2.24) is 0 Å². The molecule has 2 aromatic rings. The third-order valence-electron chi connectivity index (χ3n) is 2.89. The topological polar surface area (TPSA) is 27.7 Å². The third kappa shape index (κ3) is 2.75. The van der Waals surface area contributed by atoms with Gasteiger partial charge < -0.3 is 4.74 Å². The van der Waals surface area contributed by atoms with Crippen molar-refractivity contribution in [2.75, 3.05) is 6.61 Å². The van der Waals surface area contributed by atoms with Gasteiger partial charge in [0, 0.05) is 0 Å². The van der Waals surface area contributed by atoms with Gasteiger partial charge in [0.1, 0.15) is 18.1 Å². The smallest absolute Gasteiger partial charge is 0.160 e. The lowest BCUT2D eigenvalue weighted by atomic mass is 10.1. The van der Waals surface area contributed by atoms with E-state index in [0.717, 1.165) is 5.75 Å². The summed E-state index contributed by atoms with van der Waals surface area (Å²) < 4.78 is 19.2. The molecular weight excluding hydrogens is 247 g/mol. The summed E-state index contributed by atoms with van der Waals surface area (Å²) in [4.78, 5) is 9.59. The van der Waals surface area contributed by atoms with Gasteiger partial charge in [0.25, 0.3) is 0 Å². The lowest BCUT2D eigenvalue weighted by molar-refractivity contribution is -0.277. The zero-order valence-electron chi connectivity index (χ0n) is 10.2. The van der Waals surface area contributed by atoms with Crippen molar-refractivity contribution in [3.63, 3.8) is 0 Å². The minimum absolute atomic E-state index is 0.0333. The highest BCUT2D eigenvalue weighted by atomic mass is 19.1. The largest absolute Gasteiger partial charge is 0.457 e. The molecule has 0 amide bonds. The van der Waals surface area contributed by atoms with Crippen molar-refractivity contribution in [3.05, 3.63) is 60.2 Å². The molecule has 98 valence electrons. The quantitative estimate of drug-likeness (QED) is 0.785. The van der Waals surface area contributed by atoms with E-state index >= 15 is 0 Å². The summed E-state index contributed by atoms with van der Waals surface area (Å²) in [5.74, 6) is 1.38. The van der Waals surface area contributed by atoms with E-state index in [2.05, 4.69) is 4.89 Å². The van der Waals surface area contributed by atoms with Crippen LogP contribution in [0, 0.1) is 0 Å². The highest BCUT2D eigenvalue weighted by molar-refractivity contribution is 5.35. The van der Waals surface area contributed by atoms with Gasteiger partial charge in [-0.05, 0) is 29.8 Å². The highest BCUT2D eigenvalue weighted by Crippen LogP contribution is 2.32. The Labute approximate surface area is 110 Å². The minimum atomic E-state index is -1.15. The van der Waals surface area contributed by atoms with Crippen LogP contribution in [0.5, 0.6) is 11.5 Å². The predicted molar refractivity (Wildman–Crippen MR) is 67.6 cm³/mol. The van der Waals surface area contributed by atoms with Crippen LogP contribution in [0.2, 0.25) is 0 Å². The highest BCUT2D eigenvalue weighted by Gasteiger charge is 2.31. The van der Waals surface area contributed by atoms with Crippen LogP contribution in [-0.4, -0.2) is 12.8 Å². The van der Waals surface area contributed by atoms with Crippen LogP contribution in [0.3, 0.4) is 0 Å². The first-order valence-corrected chi connectivity index (χ1v) is 6.08. The Hall–Kier alpha value is -1.91. The number of benzene rings is 2. The Balaban J connectivity index is 1.80. The van der Waals surface area contributed by atoms with Crippen molar-refractivity contribution in [1.29, 1.82) is 0 Å². The van der Waals surface area contributed by atoms with Crippen LogP contribution in [0.1, 0.15) is 11.7 Å². The number of alkyl halides is 1. The van der Waals surface area contributed by atoms with Crippen molar-refractivity contribution in [2.24, 2.45) is 0 Å². The molecule has 1 saturated heterocycles. The first-order valence-electron chi connectivity index (χ1n) is 6.08. The maximum absolute atomic E-state index is 13.5. The molecule has 0 spiro atoms. The molecule has 1 aliphatic rings. The van der Waals surface area contributed by atoms with E-state index in [9.17, 15) is 4.39 Å². The third-order valence-corrected chi connectivity index (χ3v) is 2.89. The summed E-state index contributed by atoms with van der Waals surface area (Å²) in [6, 6.07) is 16.6. The summed E-state index contributed by atoms with van der Waals surface area (Å²) in [7, 11) is 0. The van der Waals surface area contributed by atoms with Crippen molar-refractivity contribution >= 4 is 0 Å². The molecule has 19 heavy (non-hydrogen) atoms. The molecule has 0 bridgehead atoms. The van der Waals surface area contributed by atoms with Crippen molar-refractivity contribution < 1.29 is 18.9 Å². The summed E-state index contributed by atoms with van der Waals surface area (Å²) in [5.41, 5.74) is 0.707. The molecule has 0 radical (unpaired) electrons. The number of hydrogen-bond donors (Lipinski definition) is 0. The first-order chi connectivity index (χ1) is 9.33. The second kappa shape index (κ2) is 5.38. The van der Waals surface area contributed by atoms with Crippen LogP contribution in [0.25, 0.3) is 0 Å². The average molecular weight is 260 g/mol. The van der Waals surface area contributed by atoms with Crippen LogP contribution < -0.4 is 4.74 Å². The Morgan fingerprint density at radius 2 is 1.79 bits per heavy atom. The van der Waals surface area contributed by atoms with Crippen LogP contribution in [0.4, 0.5) is 4.39 Å². The molecule has 0 aliphatic carbocycles. The van der Waals surface area contributed by atoms with Crippen LogP contribution in [-0.2, 0) is 9.78 Å². The van der Waals surface area contributed by atoms with Gasteiger partial charge in [-0.1, -0.05) is 30.3 Å². The number of hydrogen-bond acceptors (Lipinski definition) is 3. The molecule has 0 saturated carbocycles. The van der Waals surface area contributed by atoms with E-state index in [1.165, 1.54) is 0 Å². The molecule has 3 rings (SSSR count). The predicted octanol–water partition coefficient (Wildman–Crippen LogP) is 3.82. The number of rotatable bonds is 3. The second-order valence-corrected chi connectivity index (χ2v) is 4.30. The normalized spacial score (nSPS) is 22.4. The zero-order valence-corrected chi connectivity index (χ0v) is 10.2. The van der Waals surface area contributed by atoms with Gasteiger partial charge in [-0.3, -0.25) is 0 Å². The standard InChI is InChI=1S/C15H13FO3/c16-14-10-17-19-15(14)11-5-4-8-13(9-11)18-12-6-2-1-3-7-12/h1-9,14-15H,10H2. The Kier molecular flexibility index (Phi) is 3.44. The van der Waals surface area contributed by atoms with Crippen LogP contribution >= 0.6 is 0 Å². The van der Waals surface area contributed by atoms with Crippen LogP contribution in [0.15, 0.2) is 54.6 Å². The van der Waals surface area contributed by atoms with E-state index in [4.69, 9.17) is 9.62 Å². The maximum atomic E-state index is 13.5. The number of halogens is 1. The summed E-state index contributed by atoms with van der Waals surface area (Å²) in [5, 5.41) is 0. The molecule has 2 aromatic carbocycles. The molecule has 0 aromatic heterocycles. The Morgan fingerprint density at radius 1 is 1.00 bits per heavy atom. The van der Waals surface area contributed by atoms with Gasteiger partial charge in [-0.15, -0.1) is 0 Å². The van der Waals surface area contributed by atoms with E-state index < -0.39 is 12.3 Å². The molecule has 1 fully saturated rings. The van der Waals surface area contributed by atoms with E-state index in [1.54, 1.807) is 12.1 Å². The molecule has 1 aliphatic heterocycles. The fourth-order valence-electron chi connectivity index (χ4n) is 1.97. The monoisotopic (exact) mass is 260 g/mol. The average Bonchev–Trinajstić information content (AvgIpc) is 2.86. The van der Waals surface area contributed by atoms with Gasteiger partial charge in [0.2, 0.25) is 0 Å². The molecule has 4 heteroatoms. The molecule has 3 nitrogen and oxygen atoms in total. The van der Waals surface area contributed by atoms with Gasteiger partial charge >= 0.3 is 0 Å². The molecule has 2 atom stereocenters. The fourth-order valence-corrected chi connectivity index (χ4v) is 1.97. The number of ether oxygens (including phenoxy) is 1. The van der Waals surface area contributed by atoms with Crippen molar-refractivity contribution in [3.8, 4) is 11.5 Å². The lowest BCUT2D eigenvalue weighted by Gasteiger charge is -2.12. The van der Waals surface area contributed by atoms with E-state index in [-0.39, 0.29) is 6.61 Å².